The molecule has 1 fully saturated rings. The number of fused-ring (bicyclic) bond motifs is 1. The van der Waals surface area contributed by atoms with Crippen molar-refractivity contribution in [2.45, 2.75) is 32.6 Å². The lowest BCUT2D eigenvalue weighted by Gasteiger charge is -2.30. The van der Waals surface area contributed by atoms with Crippen molar-refractivity contribution in [3.63, 3.8) is 0 Å². The Morgan fingerprint density at radius 1 is 1.32 bits per heavy atom. The number of hydrogen-bond acceptors (Lipinski definition) is 2. The third kappa shape index (κ3) is 2.48. The van der Waals surface area contributed by atoms with Crippen molar-refractivity contribution in [1.82, 2.24) is 0 Å². The van der Waals surface area contributed by atoms with Gasteiger partial charge in [0, 0.05) is 30.8 Å². The van der Waals surface area contributed by atoms with Crippen molar-refractivity contribution in [2.24, 2.45) is 5.92 Å². The van der Waals surface area contributed by atoms with Crippen molar-refractivity contribution in [3.8, 4) is 0 Å². The van der Waals surface area contributed by atoms with Crippen LogP contribution in [0, 0.1) is 5.92 Å². The minimum absolute atomic E-state index is 0.0679. The van der Waals surface area contributed by atoms with Crippen LogP contribution in [0.2, 0.25) is 0 Å². The highest BCUT2D eigenvalue weighted by Crippen LogP contribution is 2.36. The van der Waals surface area contributed by atoms with E-state index in [9.17, 15) is 9.59 Å². The van der Waals surface area contributed by atoms with E-state index in [4.69, 9.17) is 0 Å². The van der Waals surface area contributed by atoms with Gasteiger partial charge in [0.25, 0.3) is 0 Å². The second-order valence-corrected chi connectivity index (χ2v) is 5.39. The molecule has 1 aliphatic heterocycles. The highest BCUT2D eigenvalue weighted by Gasteiger charge is 2.35. The van der Waals surface area contributed by atoms with Crippen molar-refractivity contribution in [2.75, 3.05) is 16.8 Å². The summed E-state index contributed by atoms with van der Waals surface area (Å²) < 4.78 is 0. The van der Waals surface area contributed by atoms with Gasteiger partial charge in [-0.2, -0.15) is 0 Å². The van der Waals surface area contributed by atoms with Crippen LogP contribution in [-0.2, 0) is 16.0 Å². The Balaban J connectivity index is 1.87. The normalized spacial score (nSPS) is 17.8. The van der Waals surface area contributed by atoms with E-state index in [1.807, 2.05) is 23.1 Å². The van der Waals surface area contributed by atoms with Crippen LogP contribution in [0.4, 0.5) is 11.4 Å². The average molecular weight is 258 g/mol. The fraction of sp³-hybridized carbons (Fsp3) is 0.467. The van der Waals surface area contributed by atoms with E-state index in [0.29, 0.717) is 0 Å². The summed E-state index contributed by atoms with van der Waals surface area (Å²) >= 11 is 0. The lowest BCUT2D eigenvalue weighted by Crippen LogP contribution is -2.36. The number of amides is 2. The van der Waals surface area contributed by atoms with Crippen molar-refractivity contribution in [3.05, 3.63) is 23.8 Å². The van der Waals surface area contributed by atoms with Gasteiger partial charge in [0.2, 0.25) is 11.8 Å². The maximum atomic E-state index is 12.2. The van der Waals surface area contributed by atoms with Crippen LogP contribution in [0.3, 0.4) is 0 Å². The van der Waals surface area contributed by atoms with Crippen LogP contribution in [-0.4, -0.2) is 18.4 Å². The SMILES string of the molecule is CC(=O)Nc1ccc2c(c1)CCCN2C(=O)C1CC1. The predicted octanol–water partition coefficient (Wildman–Crippen LogP) is 2.33. The van der Waals surface area contributed by atoms with Crippen LogP contribution in [0.15, 0.2) is 18.2 Å². The van der Waals surface area contributed by atoms with Gasteiger partial charge in [0.15, 0.2) is 0 Å². The molecule has 1 aromatic rings. The largest absolute Gasteiger partial charge is 0.326 e. The smallest absolute Gasteiger partial charge is 0.230 e. The van der Waals surface area contributed by atoms with E-state index in [1.165, 1.54) is 6.92 Å². The molecular formula is C15H18N2O2. The first kappa shape index (κ1) is 12.2. The Morgan fingerprint density at radius 2 is 2.11 bits per heavy atom. The van der Waals surface area contributed by atoms with Gasteiger partial charge in [-0.15, -0.1) is 0 Å². The molecule has 0 aromatic heterocycles. The van der Waals surface area contributed by atoms with Crippen molar-refractivity contribution >= 4 is 23.2 Å². The van der Waals surface area contributed by atoms with Gasteiger partial charge in [0.1, 0.15) is 0 Å². The molecule has 1 N–H and O–H groups in total. The fourth-order valence-electron chi connectivity index (χ4n) is 2.66. The van der Waals surface area contributed by atoms with Gasteiger partial charge >= 0.3 is 0 Å². The zero-order chi connectivity index (χ0) is 13.4. The predicted molar refractivity (Wildman–Crippen MR) is 74.1 cm³/mol. The number of hydrogen-bond donors (Lipinski definition) is 1. The molecule has 1 saturated carbocycles. The summed E-state index contributed by atoms with van der Waals surface area (Å²) in [5.41, 5.74) is 3.00. The van der Waals surface area contributed by atoms with E-state index >= 15 is 0 Å². The molecular weight excluding hydrogens is 240 g/mol. The molecule has 0 bridgehead atoms. The quantitative estimate of drug-likeness (QED) is 0.885. The molecule has 19 heavy (non-hydrogen) atoms. The minimum Gasteiger partial charge on any atom is -0.326 e. The Bertz CT molecular complexity index is 535. The summed E-state index contributed by atoms with van der Waals surface area (Å²) in [6, 6.07) is 5.82. The molecule has 3 rings (SSSR count). The first-order valence-corrected chi connectivity index (χ1v) is 6.87. The zero-order valence-electron chi connectivity index (χ0n) is 11.1. The number of nitrogens with one attached hydrogen (secondary N) is 1. The lowest BCUT2D eigenvalue weighted by atomic mass is 10.0. The van der Waals surface area contributed by atoms with E-state index < -0.39 is 0 Å². The van der Waals surface area contributed by atoms with Crippen LogP contribution >= 0.6 is 0 Å². The van der Waals surface area contributed by atoms with Crippen LogP contribution in [0.1, 0.15) is 31.7 Å². The third-order valence-electron chi connectivity index (χ3n) is 3.71. The molecule has 0 atom stereocenters. The van der Waals surface area contributed by atoms with Crippen LogP contribution in [0.25, 0.3) is 0 Å². The van der Waals surface area contributed by atoms with E-state index in [-0.39, 0.29) is 17.7 Å². The van der Waals surface area contributed by atoms with Crippen molar-refractivity contribution < 1.29 is 9.59 Å². The average Bonchev–Trinajstić information content (AvgIpc) is 3.20. The summed E-state index contributed by atoms with van der Waals surface area (Å²) in [5.74, 6) is 0.455. The second-order valence-electron chi connectivity index (χ2n) is 5.39. The number of nitrogens with zero attached hydrogens (tertiary/aromatic N) is 1. The third-order valence-corrected chi connectivity index (χ3v) is 3.71. The van der Waals surface area contributed by atoms with E-state index in [2.05, 4.69) is 5.32 Å². The Kier molecular flexibility index (Phi) is 3.01. The monoisotopic (exact) mass is 258 g/mol. The summed E-state index contributed by atoms with van der Waals surface area (Å²) in [5, 5.41) is 2.79. The molecule has 2 aliphatic rings. The highest BCUT2D eigenvalue weighted by molar-refractivity contribution is 5.98. The first-order valence-electron chi connectivity index (χ1n) is 6.87. The van der Waals surface area contributed by atoms with Gasteiger partial charge in [-0.1, -0.05) is 0 Å². The molecule has 100 valence electrons. The van der Waals surface area contributed by atoms with Gasteiger partial charge in [0.05, 0.1) is 0 Å². The van der Waals surface area contributed by atoms with Gasteiger partial charge in [-0.25, -0.2) is 0 Å². The summed E-state index contributed by atoms with van der Waals surface area (Å²) in [4.78, 5) is 25.2. The second kappa shape index (κ2) is 4.68. The minimum atomic E-state index is -0.0679. The molecule has 4 heteroatoms. The van der Waals surface area contributed by atoms with Gasteiger partial charge in [-0.05, 0) is 49.4 Å². The van der Waals surface area contributed by atoms with Crippen molar-refractivity contribution in [1.29, 1.82) is 0 Å². The zero-order valence-corrected chi connectivity index (χ0v) is 11.1. The highest BCUT2D eigenvalue weighted by atomic mass is 16.2. The summed E-state index contributed by atoms with van der Waals surface area (Å²) in [6.45, 7) is 2.32. The van der Waals surface area contributed by atoms with E-state index in [1.54, 1.807) is 0 Å². The Morgan fingerprint density at radius 3 is 2.79 bits per heavy atom. The summed E-state index contributed by atoms with van der Waals surface area (Å²) in [7, 11) is 0. The number of carbonyl (C=O) groups excluding carboxylic acids is 2. The fourth-order valence-corrected chi connectivity index (χ4v) is 2.66. The van der Waals surface area contributed by atoms with Gasteiger partial charge < -0.3 is 10.2 Å². The molecule has 0 radical (unpaired) electrons. The Labute approximate surface area is 112 Å². The van der Waals surface area contributed by atoms with Crippen LogP contribution in [0.5, 0.6) is 0 Å². The topological polar surface area (TPSA) is 49.4 Å². The molecule has 0 spiro atoms. The maximum Gasteiger partial charge on any atom is 0.230 e. The molecule has 2 amide bonds. The number of anilines is 2. The van der Waals surface area contributed by atoms with E-state index in [0.717, 1.165) is 49.2 Å². The first-order chi connectivity index (χ1) is 9.15. The molecule has 0 saturated heterocycles. The number of rotatable bonds is 2. The maximum absolute atomic E-state index is 12.2. The molecule has 1 aliphatic carbocycles. The summed E-state index contributed by atoms with van der Waals surface area (Å²) in [6.07, 6.45) is 4.04. The number of carbonyl (C=O) groups is 2. The van der Waals surface area contributed by atoms with Crippen LogP contribution < -0.4 is 10.2 Å². The molecule has 1 heterocycles. The molecule has 0 unspecified atom stereocenters. The lowest BCUT2D eigenvalue weighted by molar-refractivity contribution is -0.120. The van der Waals surface area contributed by atoms with Gasteiger partial charge in [-0.3, -0.25) is 9.59 Å². The molecule has 4 nitrogen and oxygen atoms in total. The standard InChI is InChI=1S/C15H18N2O2/c1-10(18)16-13-6-7-14-12(9-13)3-2-8-17(14)15(19)11-4-5-11/h6-7,9,11H,2-5,8H2,1H3,(H,16,18). The number of aryl methyl sites for hydroxylation is 1. The Hall–Kier alpha value is -1.84. The number of benzene rings is 1. The molecule has 1 aromatic carbocycles.